The first kappa shape index (κ1) is 20.4. The monoisotopic (exact) mass is 405 g/mol. The van der Waals surface area contributed by atoms with Crippen molar-refractivity contribution in [1.82, 2.24) is 0 Å². The van der Waals surface area contributed by atoms with Gasteiger partial charge in [-0.15, -0.1) is 0 Å². The van der Waals surface area contributed by atoms with Crippen molar-refractivity contribution in [1.29, 1.82) is 5.41 Å². The number of para-hydroxylation sites is 1. The highest BCUT2D eigenvalue weighted by Crippen LogP contribution is 2.31. The maximum Gasteiger partial charge on any atom is 0.130 e. The van der Waals surface area contributed by atoms with Crippen LogP contribution in [0.3, 0.4) is 0 Å². The van der Waals surface area contributed by atoms with Gasteiger partial charge in [0.25, 0.3) is 0 Å². The lowest BCUT2D eigenvalue weighted by Gasteiger charge is -2.17. The van der Waals surface area contributed by atoms with E-state index < -0.39 is 0 Å². The summed E-state index contributed by atoms with van der Waals surface area (Å²) < 4.78 is 0. The van der Waals surface area contributed by atoms with Crippen LogP contribution < -0.4 is 10.6 Å². The minimum atomic E-state index is 0.422. The summed E-state index contributed by atoms with van der Waals surface area (Å²) in [5.74, 6) is 0.422. The Labute approximate surface area is 184 Å². The van der Waals surface area contributed by atoms with Crippen molar-refractivity contribution < 1.29 is 0 Å². The van der Waals surface area contributed by atoms with Crippen LogP contribution in [-0.4, -0.2) is 5.84 Å². The van der Waals surface area contributed by atoms with E-state index in [2.05, 4.69) is 73.0 Å². The lowest BCUT2D eigenvalue weighted by Crippen LogP contribution is -2.15. The number of benzene rings is 4. The second-order valence-electron chi connectivity index (χ2n) is 7.87. The Hall–Kier alpha value is -3.85. The van der Waals surface area contributed by atoms with Gasteiger partial charge in [-0.25, -0.2) is 0 Å². The third kappa shape index (κ3) is 4.67. The second kappa shape index (κ2) is 8.88. The largest absolute Gasteiger partial charge is 0.356 e. The van der Waals surface area contributed by atoms with Crippen molar-refractivity contribution in [2.75, 3.05) is 10.6 Å². The number of nitrogens with one attached hydrogen (secondary N) is 3. The van der Waals surface area contributed by atoms with Gasteiger partial charge in [-0.3, -0.25) is 5.41 Å². The molecule has 3 nitrogen and oxygen atoms in total. The SMILES string of the molecule is Cc1ccccc1C(=N)Nc1c(C)cc(-c2cccc(Nc3ccccc3)c2)cc1C. The molecule has 0 aliphatic heterocycles. The van der Waals surface area contributed by atoms with Crippen LogP contribution in [0.25, 0.3) is 11.1 Å². The minimum absolute atomic E-state index is 0.422. The van der Waals surface area contributed by atoms with Crippen LogP contribution in [0.4, 0.5) is 17.1 Å². The number of aryl methyl sites for hydroxylation is 3. The van der Waals surface area contributed by atoms with Crippen LogP contribution in [-0.2, 0) is 0 Å². The third-order valence-corrected chi connectivity index (χ3v) is 5.46. The van der Waals surface area contributed by atoms with Crippen LogP contribution in [0.2, 0.25) is 0 Å². The predicted molar refractivity (Wildman–Crippen MR) is 133 cm³/mol. The maximum atomic E-state index is 8.53. The van der Waals surface area contributed by atoms with Gasteiger partial charge in [0.05, 0.1) is 0 Å². The molecule has 31 heavy (non-hydrogen) atoms. The summed E-state index contributed by atoms with van der Waals surface area (Å²) in [6.07, 6.45) is 0. The van der Waals surface area contributed by atoms with Crippen LogP contribution in [0.15, 0.2) is 91.0 Å². The molecule has 0 saturated carbocycles. The molecular weight excluding hydrogens is 378 g/mol. The first-order chi connectivity index (χ1) is 15.0. The average Bonchev–Trinajstić information content (AvgIpc) is 2.77. The van der Waals surface area contributed by atoms with Gasteiger partial charge in [0, 0.05) is 22.6 Å². The zero-order valence-corrected chi connectivity index (χ0v) is 18.2. The van der Waals surface area contributed by atoms with E-state index in [0.29, 0.717) is 5.84 Å². The molecule has 0 saturated heterocycles. The molecule has 0 atom stereocenters. The van der Waals surface area contributed by atoms with Crippen molar-refractivity contribution >= 4 is 22.9 Å². The summed E-state index contributed by atoms with van der Waals surface area (Å²) in [6.45, 7) is 6.22. The fraction of sp³-hybridized carbons (Fsp3) is 0.107. The number of amidine groups is 1. The van der Waals surface area contributed by atoms with E-state index in [9.17, 15) is 0 Å². The van der Waals surface area contributed by atoms with Gasteiger partial charge in [-0.05, 0) is 85.0 Å². The van der Waals surface area contributed by atoms with E-state index in [1.54, 1.807) is 0 Å². The van der Waals surface area contributed by atoms with E-state index in [1.165, 1.54) is 5.56 Å². The summed E-state index contributed by atoms with van der Waals surface area (Å²) in [6, 6.07) is 31.0. The van der Waals surface area contributed by atoms with Crippen molar-refractivity contribution in [3.05, 3.63) is 113 Å². The average molecular weight is 406 g/mol. The fourth-order valence-electron chi connectivity index (χ4n) is 3.84. The molecular formula is C28H27N3. The number of hydrogen-bond acceptors (Lipinski definition) is 2. The molecule has 0 unspecified atom stereocenters. The zero-order chi connectivity index (χ0) is 21.8. The lowest BCUT2D eigenvalue weighted by molar-refractivity contribution is 1.34. The highest BCUT2D eigenvalue weighted by atomic mass is 14.9. The zero-order valence-electron chi connectivity index (χ0n) is 18.2. The molecule has 4 aromatic rings. The predicted octanol–water partition coefficient (Wildman–Crippen LogP) is 7.46. The quantitative estimate of drug-likeness (QED) is 0.238. The molecule has 0 aromatic heterocycles. The Morgan fingerprint density at radius 3 is 1.97 bits per heavy atom. The van der Waals surface area contributed by atoms with Gasteiger partial charge in [0.2, 0.25) is 0 Å². The molecule has 0 radical (unpaired) electrons. The van der Waals surface area contributed by atoms with E-state index >= 15 is 0 Å². The maximum absolute atomic E-state index is 8.53. The minimum Gasteiger partial charge on any atom is -0.356 e. The first-order valence-corrected chi connectivity index (χ1v) is 10.5. The lowest BCUT2D eigenvalue weighted by atomic mass is 9.98. The van der Waals surface area contributed by atoms with Crippen molar-refractivity contribution in [3.8, 4) is 11.1 Å². The van der Waals surface area contributed by atoms with E-state index in [0.717, 1.165) is 44.9 Å². The molecule has 0 bridgehead atoms. The van der Waals surface area contributed by atoms with Gasteiger partial charge in [0.15, 0.2) is 0 Å². The fourth-order valence-corrected chi connectivity index (χ4v) is 3.84. The van der Waals surface area contributed by atoms with Gasteiger partial charge < -0.3 is 10.6 Å². The van der Waals surface area contributed by atoms with E-state index in [-0.39, 0.29) is 0 Å². The summed E-state index contributed by atoms with van der Waals surface area (Å²) in [7, 11) is 0. The Morgan fingerprint density at radius 1 is 0.613 bits per heavy atom. The highest BCUT2D eigenvalue weighted by molar-refractivity contribution is 6.08. The molecule has 154 valence electrons. The third-order valence-electron chi connectivity index (χ3n) is 5.46. The standard InChI is InChI=1S/C28H27N3/c1-19-10-7-8-15-26(19)28(29)31-27-20(2)16-23(17-21(27)3)22-11-9-14-25(18-22)30-24-12-5-4-6-13-24/h4-18,30H,1-3H3,(H2,29,31). The molecule has 4 aromatic carbocycles. The van der Waals surface area contributed by atoms with Gasteiger partial charge >= 0.3 is 0 Å². The van der Waals surface area contributed by atoms with E-state index in [1.807, 2.05) is 49.4 Å². The van der Waals surface area contributed by atoms with Crippen molar-refractivity contribution in [2.45, 2.75) is 20.8 Å². The number of hydrogen-bond donors (Lipinski definition) is 3. The van der Waals surface area contributed by atoms with Gasteiger partial charge in [-0.2, -0.15) is 0 Å². The van der Waals surface area contributed by atoms with Gasteiger partial charge in [0.1, 0.15) is 5.84 Å². The molecule has 0 heterocycles. The van der Waals surface area contributed by atoms with Crippen molar-refractivity contribution in [2.24, 2.45) is 0 Å². The molecule has 0 fully saturated rings. The van der Waals surface area contributed by atoms with E-state index in [4.69, 9.17) is 5.41 Å². The Kier molecular flexibility index (Phi) is 5.85. The van der Waals surface area contributed by atoms with Crippen molar-refractivity contribution in [3.63, 3.8) is 0 Å². The molecule has 0 spiro atoms. The second-order valence-corrected chi connectivity index (χ2v) is 7.87. The van der Waals surface area contributed by atoms with Crippen LogP contribution >= 0.6 is 0 Å². The molecule has 3 N–H and O–H groups in total. The number of anilines is 3. The Morgan fingerprint density at radius 2 is 1.26 bits per heavy atom. The summed E-state index contributed by atoms with van der Waals surface area (Å²) in [5.41, 5.74) is 9.70. The summed E-state index contributed by atoms with van der Waals surface area (Å²) >= 11 is 0. The highest BCUT2D eigenvalue weighted by Gasteiger charge is 2.11. The number of rotatable bonds is 5. The molecule has 3 heteroatoms. The normalized spacial score (nSPS) is 10.5. The Balaban J connectivity index is 1.59. The first-order valence-electron chi connectivity index (χ1n) is 10.5. The van der Waals surface area contributed by atoms with Crippen LogP contribution in [0.1, 0.15) is 22.3 Å². The summed E-state index contributed by atoms with van der Waals surface area (Å²) in [5, 5.41) is 15.3. The Bertz CT molecular complexity index is 1200. The molecule has 0 amide bonds. The molecule has 0 aliphatic carbocycles. The molecule has 0 aliphatic rings. The topological polar surface area (TPSA) is 47.9 Å². The van der Waals surface area contributed by atoms with Gasteiger partial charge in [-0.1, -0.05) is 54.6 Å². The summed E-state index contributed by atoms with van der Waals surface area (Å²) in [4.78, 5) is 0. The van der Waals surface area contributed by atoms with Crippen LogP contribution in [0, 0.1) is 26.2 Å². The molecule has 4 rings (SSSR count). The smallest absolute Gasteiger partial charge is 0.130 e. The van der Waals surface area contributed by atoms with Crippen LogP contribution in [0.5, 0.6) is 0 Å².